The summed E-state index contributed by atoms with van der Waals surface area (Å²) >= 11 is 1.62. The molecule has 22 heavy (non-hydrogen) atoms. The first kappa shape index (κ1) is 14.2. The van der Waals surface area contributed by atoms with Crippen LogP contribution in [0.3, 0.4) is 0 Å². The second-order valence-corrected chi connectivity index (χ2v) is 5.43. The van der Waals surface area contributed by atoms with Crippen molar-refractivity contribution in [3.8, 4) is 16.5 Å². The number of ether oxygens (including phenoxy) is 1. The van der Waals surface area contributed by atoms with Crippen LogP contribution in [0.5, 0.6) is 5.88 Å². The van der Waals surface area contributed by atoms with Crippen LogP contribution < -0.4 is 10.1 Å². The lowest BCUT2D eigenvalue weighted by molar-refractivity contribution is 0.102. The number of methoxy groups -OCH3 is 1. The first-order valence-corrected chi connectivity index (χ1v) is 7.34. The summed E-state index contributed by atoms with van der Waals surface area (Å²) in [6, 6.07) is 6.94. The summed E-state index contributed by atoms with van der Waals surface area (Å²) in [6.45, 7) is 2.03. The van der Waals surface area contributed by atoms with Crippen LogP contribution in [0.15, 0.2) is 29.6 Å². The molecule has 0 saturated heterocycles. The number of rotatable bonds is 4. The molecule has 3 heterocycles. The molecule has 0 bridgehead atoms. The minimum Gasteiger partial charge on any atom is -0.480 e. The van der Waals surface area contributed by atoms with E-state index in [1.54, 1.807) is 23.5 Å². The molecule has 2 N–H and O–H groups in total. The fourth-order valence-corrected chi connectivity index (χ4v) is 2.77. The van der Waals surface area contributed by atoms with E-state index >= 15 is 0 Å². The molecule has 0 unspecified atom stereocenters. The van der Waals surface area contributed by atoms with E-state index in [0.717, 1.165) is 16.1 Å². The van der Waals surface area contributed by atoms with E-state index in [4.69, 9.17) is 4.74 Å². The van der Waals surface area contributed by atoms with Gasteiger partial charge in [0, 0.05) is 12.1 Å². The Morgan fingerprint density at radius 1 is 1.32 bits per heavy atom. The quantitative estimate of drug-likeness (QED) is 0.771. The van der Waals surface area contributed by atoms with Crippen LogP contribution in [-0.4, -0.2) is 33.4 Å². The minimum atomic E-state index is -0.379. The summed E-state index contributed by atoms with van der Waals surface area (Å²) in [5.74, 6) is 0.410. The maximum Gasteiger partial charge on any atom is 0.277 e. The Morgan fingerprint density at radius 2 is 2.18 bits per heavy atom. The van der Waals surface area contributed by atoms with Crippen LogP contribution in [0.2, 0.25) is 0 Å². The largest absolute Gasteiger partial charge is 0.480 e. The number of aryl methyl sites for hydroxylation is 1. The molecule has 0 aliphatic carbocycles. The number of hydrogen-bond acceptors (Lipinski definition) is 6. The zero-order chi connectivity index (χ0) is 15.5. The lowest BCUT2D eigenvalue weighted by Crippen LogP contribution is -2.14. The third-order valence-corrected chi connectivity index (χ3v) is 4.06. The second kappa shape index (κ2) is 5.94. The lowest BCUT2D eigenvalue weighted by Gasteiger charge is -2.01. The van der Waals surface area contributed by atoms with E-state index in [0.29, 0.717) is 11.7 Å². The van der Waals surface area contributed by atoms with Crippen molar-refractivity contribution >= 4 is 23.1 Å². The zero-order valence-electron chi connectivity index (χ0n) is 12.0. The Morgan fingerprint density at radius 3 is 2.82 bits per heavy atom. The molecule has 0 aromatic carbocycles. The molecule has 0 aliphatic heterocycles. The van der Waals surface area contributed by atoms with E-state index in [1.165, 1.54) is 13.2 Å². The van der Waals surface area contributed by atoms with Gasteiger partial charge < -0.3 is 10.1 Å². The molecule has 3 rings (SSSR count). The Kier molecular flexibility index (Phi) is 3.84. The number of nitrogens with zero attached hydrogens (tertiary/aromatic N) is 3. The number of aromatic amines is 1. The number of H-pyrrole nitrogens is 1. The van der Waals surface area contributed by atoms with Gasteiger partial charge in [-0.25, -0.2) is 0 Å². The molecule has 112 valence electrons. The van der Waals surface area contributed by atoms with Crippen LogP contribution in [0, 0.1) is 6.92 Å². The van der Waals surface area contributed by atoms with Gasteiger partial charge in [-0.05, 0) is 30.0 Å². The number of nitrogens with one attached hydrogen (secondary N) is 2. The van der Waals surface area contributed by atoms with Gasteiger partial charge in [0.05, 0.1) is 17.7 Å². The first-order valence-electron chi connectivity index (χ1n) is 6.46. The van der Waals surface area contributed by atoms with E-state index in [-0.39, 0.29) is 11.6 Å². The molecule has 1 amide bonds. The van der Waals surface area contributed by atoms with Gasteiger partial charge in [-0.1, -0.05) is 0 Å². The molecule has 0 spiro atoms. The van der Waals surface area contributed by atoms with Crippen molar-refractivity contribution in [2.75, 3.05) is 12.4 Å². The van der Waals surface area contributed by atoms with Crippen molar-refractivity contribution in [3.05, 3.63) is 40.9 Å². The molecule has 3 aromatic rings. The molecule has 0 saturated carbocycles. The lowest BCUT2D eigenvalue weighted by atomic mass is 10.2. The Labute approximate surface area is 130 Å². The van der Waals surface area contributed by atoms with E-state index < -0.39 is 0 Å². The number of anilines is 1. The highest BCUT2D eigenvalue weighted by Crippen LogP contribution is 2.28. The van der Waals surface area contributed by atoms with Crippen LogP contribution in [-0.2, 0) is 0 Å². The van der Waals surface area contributed by atoms with E-state index in [1.807, 2.05) is 18.4 Å². The molecule has 0 aliphatic rings. The molecule has 0 radical (unpaired) electrons. The number of carbonyl (C=O) groups excluding carboxylic acids is 1. The van der Waals surface area contributed by atoms with Crippen molar-refractivity contribution in [3.63, 3.8) is 0 Å². The molecular weight excluding hydrogens is 302 g/mol. The number of thiophene rings is 1. The number of aromatic nitrogens is 4. The summed E-state index contributed by atoms with van der Waals surface area (Å²) in [7, 11) is 1.49. The SMILES string of the molecule is COc1ccc(C(=O)Nc2cc(-c3sccc3C)[nH]n2)nn1. The Bertz CT molecular complexity index is 794. The smallest absolute Gasteiger partial charge is 0.277 e. The Balaban J connectivity index is 1.74. The summed E-state index contributed by atoms with van der Waals surface area (Å²) in [5, 5.41) is 19.2. The van der Waals surface area contributed by atoms with Gasteiger partial charge >= 0.3 is 0 Å². The standard InChI is InChI=1S/C14H13N5O2S/c1-8-5-6-22-13(8)10-7-11(18-17-10)15-14(20)9-3-4-12(21-2)19-16-9/h3-7H,1-2H3,(H2,15,17,18,20). The molecule has 8 heteroatoms. The van der Waals surface area contributed by atoms with Crippen molar-refractivity contribution in [2.45, 2.75) is 6.92 Å². The average Bonchev–Trinajstić information content (AvgIpc) is 3.16. The van der Waals surface area contributed by atoms with Gasteiger partial charge in [0.15, 0.2) is 11.5 Å². The van der Waals surface area contributed by atoms with E-state index in [9.17, 15) is 4.79 Å². The van der Waals surface area contributed by atoms with Crippen LogP contribution >= 0.6 is 11.3 Å². The summed E-state index contributed by atoms with van der Waals surface area (Å²) in [5.41, 5.74) is 2.22. The van der Waals surface area contributed by atoms with Gasteiger partial charge in [0.1, 0.15) is 0 Å². The molecule has 0 fully saturated rings. The van der Waals surface area contributed by atoms with Crippen molar-refractivity contribution < 1.29 is 9.53 Å². The second-order valence-electron chi connectivity index (χ2n) is 4.51. The highest BCUT2D eigenvalue weighted by Gasteiger charge is 2.12. The maximum absolute atomic E-state index is 12.1. The fourth-order valence-electron chi connectivity index (χ4n) is 1.88. The number of carbonyl (C=O) groups is 1. The third kappa shape index (κ3) is 2.82. The maximum atomic E-state index is 12.1. The summed E-state index contributed by atoms with van der Waals surface area (Å²) < 4.78 is 4.90. The van der Waals surface area contributed by atoms with Gasteiger partial charge in [-0.15, -0.1) is 21.5 Å². The van der Waals surface area contributed by atoms with Gasteiger partial charge in [-0.2, -0.15) is 5.10 Å². The third-order valence-electron chi connectivity index (χ3n) is 3.01. The zero-order valence-corrected chi connectivity index (χ0v) is 12.8. The van der Waals surface area contributed by atoms with Crippen molar-refractivity contribution in [1.82, 2.24) is 20.4 Å². The van der Waals surface area contributed by atoms with Crippen LogP contribution in [0.1, 0.15) is 16.1 Å². The molecule has 0 atom stereocenters. The molecular formula is C14H13N5O2S. The number of hydrogen-bond donors (Lipinski definition) is 2. The normalized spacial score (nSPS) is 10.5. The monoisotopic (exact) mass is 315 g/mol. The van der Waals surface area contributed by atoms with Gasteiger partial charge in [0.2, 0.25) is 5.88 Å². The fraction of sp³-hybridized carbons (Fsp3) is 0.143. The highest BCUT2D eigenvalue weighted by atomic mass is 32.1. The minimum absolute atomic E-state index is 0.192. The average molecular weight is 315 g/mol. The van der Waals surface area contributed by atoms with Gasteiger partial charge in [-0.3, -0.25) is 9.89 Å². The van der Waals surface area contributed by atoms with Crippen molar-refractivity contribution in [1.29, 1.82) is 0 Å². The van der Waals surface area contributed by atoms with Crippen molar-refractivity contribution in [2.24, 2.45) is 0 Å². The topological polar surface area (TPSA) is 92.8 Å². The summed E-state index contributed by atoms with van der Waals surface area (Å²) in [4.78, 5) is 13.2. The molecule has 7 nitrogen and oxygen atoms in total. The van der Waals surface area contributed by atoms with E-state index in [2.05, 4.69) is 25.7 Å². The first-order chi connectivity index (χ1) is 10.7. The van der Waals surface area contributed by atoms with Crippen LogP contribution in [0.4, 0.5) is 5.82 Å². The number of amides is 1. The highest BCUT2D eigenvalue weighted by molar-refractivity contribution is 7.13. The van der Waals surface area contributed by atoms with Gasteiger partial charge in [0.25, 0.3) is 5.91 Å². The van der Waals surface area contributed by atoms with Crippen LogP contribution in [0.25, 0.3) is 10.6 Å². The predicted octanol–water partition coefficient (Wildman–Crippen LogP) is 2.50. The summed E-state index contributed by atoms with van der Waals surface area (Å²) in [6.07, 6.45) is 0. The Hall–Kier alpha value is -2.74. The predicted molar refractivity (Wildman–Crippen MR) is 83.2 cm³/mol. The molecule has 3 aromatic heterocycles.